The van der Waals surface area contributed by atoms with Gasteiger partial charge >= 0.3 is 0 Å². The number of hydrogen-bond donors (Lipinski definition) is 2. The molecule has 2 atom stereocenters. The van der Waals surface area contributed by atoms with E-state index in [4.69, 9.17) is 5.73 Å². The van der Waals surface area contributed by atoms with E-state index < -0.39 is 22.0 Å². The Morgan fingerprint density at radius 2 is 1.96 bits per heavy atom. The maximum Gasteiger partial charge on any atom is 0.241 e. The average molecular weight is 369 g/mol. The van der Waals surface area contributed by atoms with Gasteiger partial charge < -0.3 is 15.8 Å². The summed E-state index contributed by atoms with van der Waals surface area (Å²) >= 11 is 0. The van der Waals surface area contributed by atoms with Gasteiger partial charge in [-0.2, -0.15) is 5.06 Å². The maximum absolute atomic E-state index is 12.5. The number of benzene rings is 1. The normalized spacial score (nSPS) is 19.6. The smallest absolute Gasteiger partial charge is 0.241 e. The molecule has 7 nitrogen and oxygen atoms in total. The lowest BCUT2D eigenvalue weighted by Crippen LogP contribution is -2.52. The summed E-state index contributed by atoms with van der Waals surface area (Å²) in [6, 6.07) is 5.79. The lowest BCUT2D eigenvalue weighted by atomic mass is 10.0. The molecule has 25 heavy (non-hydrogen) atoms. The number of hydrogen-bond acceptors (Lipinski definition) is 6. The molecule has 140 valence electrons. The Morgan fingerprint density at radius 1 is 1.36 bits per heavy atom. The van der Waals surface area contributed by atoms with Crippen molar-refractivity contribution in [3.05, 3.63) is 29.8 Å². The highest BCUT2D eigenvalue weighted by atomic mass is 32.2. The van der Waals surface area contributed by atoms with Crippen LogP contribution < -0.4 is 5.73 Å². The third kappa shape index (κ3) is 4.78. The highest BCUT2D eigenvalue weighted by Gasteiger charge is 2.35. The molecular weight excluding hydrogens is 342 g/mol. The summed E-state index contributed by atoms with van der Waals surface area (Å²) in [5.41, 5.74) is 6.73. The predicted molar refractivity (Wildman–Crippen MR) is 94.4 cm³/mol. The molecule has 2 rings (SSSR count). The molecule has 1 amide bonds. The zero-order valence-electron chi connectivity index (χ0n) is 14.9. The van der Waals surface area contributed by atoms with Crippen LogP contribution in [0.4, 0.5) is 0 Å². The molecule has 0 radical (unpaired) electrons. The molecule has 0 bridgehead atoms. The number of rotatable bonds is 6. The van der Waals surface area contributed by atoms with E-state index >= 15 is 0 Å². The highest BCUT2D eigenvalue weighted by molar-refractivity contribution is 7.90. The van der Waals surface area contributed by atoms with E-state index in [1.807, 2.05) is 13.8 Å². The van der Waals surface area contributed by atoms with E-state index in [1.54, 1.807) is 17.0 Å². The van der Waals surface area contributed by atoms with Crippen LogP contribution in [0.1, 0.15) is 32.3 Å². The molecule has 0 spiro atoms. The van der Waals surface area contributed by atoms with Gasteiger partial charge in [-0.25, -0.2) is 8.42 Å². The fourth-order valence-corrected chi connectivity index (χ4v) is 3.56. The van der Waals surface area contributed by atoms with Crippen molar-refractivity contribution in [2.45, 2.75) is 50.3 Å². The summed E-state index contributed by atoms with van der Waals surface area (Å²) in [5, 5.41) is 11.6. The molecular formula is C17H27N3O4S. The Bertz CT molecular complexity index is 703. The number of sulfone groups is 1. The van der Waals surface area contributed by atoms with Crippen LogP contribution in [-0.4, -0.2) is 54.5 Å². The van der Waals surface area contributed by atoms with Crippen molar-refractivity contribution >= 4 is 15.7 Å². The lowest BCUT2D eigenvalue weighted by Gasteiger charge is -2.33. The Morgan fingerprint density at radius 3 is 2.48 bits per heavy atom. The summed E-state index contributed by atoms with van der Waals surface area (Å²) in [5.74, 6) is -0.117. The van der Waals surface area contributed by atoms with Crippen LogP contribution in [0.15, 0.2) is 29.2 Å². The largest absolute Gasteiger partial charge is 0.323 e. The molecule has 1 heterocycles. The van der Waals surface area contributed by atoms with E-state index in [0.717, 1.165) is 23.3 Å². The highest BCUT2D eigenvalue weighted by Crippen LogP contribution is 2.23. The van der Waals surface area contributed by atoms with Crippen molar-refractivity contribution in [3.63, 3.8) is 0 Å². The van der Waals surface area contributed by atoms with Crippen molar-refractivity contribution in [2.75, 3.05) is 12.8 Å². The molecule has 1 aromatic carbocycles. The molecule has 1 aromatic rings. The number of nitrogens with two attached hydrogens (primary N) is 1. The first-order valence-electron chi connectivity index (χ1n) is 8.42. The third-order valence-electron chi connectivity index (χ3n) is 4.55. The molecule has 1 saturated heterocycles. The SMILES string of the molecule is CC(C)[C@H](N)C(=O)N1CCC[C@H]1N(O)Cc1ccc(S(C)(=O)=O)cc1. The summed E-state index contributed by atoms with van der Waals surface area (Å²) < 4.78 is 23.0. The van der Waals surface area contributed by atoms with Gasteiger partial charge in [0.2, 0.25) is 5.91 Å². The summed E-state index contributed by atoms with van der Waals surface area (Å²) in [7, 11) is -3.24. The minimum absolute atomic E-state index is 0.0319. The van der Waals surface area contributed by atoms with E-state index in [-0.39, 0.29) is 23.3 Å². The van der Waals surface area contributed by atoms with Gasteiger partial charge in [0.15, 0.2) is 9.84 Å². The predicted octanol–water partition coefficient (Wildman–Crippen LogP) is 1.21. The second-order valence-electron chi connectivity index (χ2n) is 6.94. The number of likely N-dealkylation sites (tertiary alicyclic amines) is 1. The van der Waals surface area contributed by atoms with E-state index in [0.29, 0.717) is 13.0 Å². The molecule has 1 aliphatic rings. The van der Waals surface area contributed by atoms with E-state index in [2.05, 4.69) is 0 Å². The van der Waals surface area contributed by atoms with Crippen molar-refractivity contribution in [2.24, 2.45) is 11.7 Å². The number of carbonyl (C=O) groups is 1. The summed E-state index contributed by atoms with van der Waals surface area (Å²) in [6.07, 6.45) is 2.23. The number of carbonyl (C=O) groups excluding carboxylic acids is 1. The fraction of sp³-hybridized carbons (Fsp3) is 0.588. The first-order valence-corrected chi connectivity index (χ1v) is 10.3. The maximum atomic E-state index is 12.5. The van der Waals surface area contributed by atoms with Crippen LogP contribution in [0.5, 0.6) is 0 Å². The van der Waals surface area contributed by atoms with Gasteiger partial charge in [0.1, 0.15) is 6.17 Å². The van der Waals surface area contributed by atoms with Gasteiger partial charge in [0, 0.05) is 12.8 Å². The van der Waals surface area contributed by atoms with Crippen molar-refractivity contribution in [3.8, 4) is 0 Å². The van der Waals surface area contributed by atoms with Crippen LogP contribution in [0.3, 0.4) is 0 Å². The second kappa shape index (κ2) is 7.82. The molecule has 0 saturated carbocycles. The molecule has 0 aliphatic carbocycles. The molecule has 1 fully saturated rings. The molecule has 3 N–H and O–H groups in total. The van der Waals surface area contributed by atoms with Gasteiger partial charge in [-0.15, -0.1) is 0 Å². The van der Waals surface area contributed by atoms with Crippen LogP contribution >= 0.6 is 0 Å². The monoisotopic (exact) mass is 369 g/mol. The molecule has 1 aliphatic heterocycles. The van der Waals surface area contributed by atoms with Crippen LogP contribution in [-0.2, 0) is 21.2 Å². The Hall–Kier alpha value is -1.48. The Kier molecular flexibility index (Phi) is 6.21. The number of nitrogens with zero attached hydrogens (tertiary/aromatic N) is 2. The first-order chi connectivity index (χ1) is 11.6. The van der Waals surface area contributed by atoms with Crippen molar-refractivity contribution in [1.82, 2.24) is 9.96 Å². The van der Waals surface area contributed by atoms with Gasteiger partial charge in [0.05, 0.1) is 17.5 Å². The zero-order valence-corrected chi connectivity index (χ0v) is 15.7. The van der Waals surface area contributed by atoms with Gasteiger partial charge in [-0.1, -0.05) is 26.0 Å². The van der Waals surface area contributed by atoms with Crippen molar-refractivity contribution < 1.29 is 18.4 Å². The quantitative estimate of drug-likeness (QED) is 0.731. The zero-order chi connectivity index (χ0) is 18.8. The summed E-state index contributed by atoms with van der Waals surface area (Å²) in [4.78, 5) is 14.4. The summed E-state index contributed by atoms with van der Waals surface area (Å²) in [6.45, 7) is 4.57. The Labute approximate surface area is 149 Å². The van der Waals surface area contributed by atoms with E-state index in [9.17, 15) is 18.4 Å². The molecule has 8 heteroatoms. The third-order valence-corrected chi connectivity index (χ3v) is 5.68. The molecule has 0 aromatic heterocycles. The first kappa shape index (κ1) is 19.8. The topological polar surface area (TPSA) is 104 Å². The van der Waals surface area contributed by atoms with Crippen molar-refractivity contribution in [1.29, 1.82) is 0 Å². The fourth-order valence-electron chi connectivity index (χ4n) is 2.93. The van der Waals surface area contributed by atoms with E-state index in [1.165, 1.54) is 12.1 Å². The number of amides is 1. The lowest BCUT2D eigenvalue weighted by molar-refractivity contribution is -0.179. The minimum Gasteiger partial charge on any atom is -0.323 e. The van der Waals surface area contributed by atoms with Gasteiger partial charge in [-0.3, -0.25) is 4.79 Å². The minimum atomic E-state index is -3.24. The Balaban J connectivity index is 2.06. The van der Waals surface area contributed by atoms with Gasteiger partial charge in [0.25, 0.3) is 0 Å². The van der Waals surface area contributed by atoms with Crippen LogP contribution in [0.2, 0.25) is 0 Å². The standard InChI is InChI=1S/C17H27N3O4S/c1-12(2)16(18)17(21)19-10-4-5-15(19)20(22)11-13-6-8-14(9-7-13)25(3,23)24/h6-9,12,15-16,22H,4-5,10-11,18H2,1-3H3/t15-,16+/m1/s1. The van der Waals surface area contributed by atoms with Crippen LogP contribution in [0.25, 0.3) is 0 Å². The van der Waals surface area contributed by atoms with Gasteiger partial charge in [-0.05, 0) is 36.5 Å². The average Bonchev–Trinajstić information content (AvgIpc) is 3.02. The second-order valence-corrected chi connectivity index (χ2v) is 8.95. The number of hydroxylamine groups is 2. The van der Waals surface area contributed by atoms with Crippen LogP contribution in [0, 0.1) is 5.92 Å². The molecule has 0 unspecified atom stereocenters.